The highest BCUT2D eigenvalue weighted by Gasteiger charge is 2.07. The van der Waals surface area contributed by atoms with E-state index in [-0.39, 0.29) is 5.97 Å². The zero-order valence-corrected chi connectivity index (χ0v) is 10.6. The highest BCUT2D eigenvalue weighted by Crippen LogP contribution is 2.11. The van der Waals surface area contributed by atoms with Gasteiger partial charge in [-0.05, 0) is 19.2 Å². The summed E-state index contributed by atoms with van der Waals surface area (Å²) in [5.41, 5.74) is 2.00. The molecule has 0 unspecified atom stereocenters. The lowest BCUT2D eigenvalue weighted by Crippen LogP contribution is -2.22. The molecule has 0 amide bonds. The van der Waals surface area contributed by atoms with E-state index >= 15 is 0 Å². The van der Waals surface area contributed by atoms with Crippen molar-refractivity contribution in [1.82, 2.24) is 14.9 Å². The van der Waals surface area contributed by atoms with Crippen LogP contribution in [0.2, 0.25) is 0 Å². The number of nitrogens with one attached hydrogen (secondary N) is 1. The Kier molecular flexibility index (Phi) is 3.94. The van der Waals surface area contributed by atoms with Crippen molar-refractivity contribution in [3.8, 4) is 0 Å². The van der Waals surface area contributed by atoms with E-state index in [9.17, 15) is 4.79 Å². The van der Waals surface area contributed by atoms with E-state index in [1.807, 2.05) is 36.2 Å². The first-order chi connectivity index (χ1) is 8.69. The lowest BCUT2D eigenvalue weighted by molar-refractivity contribution is -0.140. The van der Waals surface area contributed by atoms with Crippen molar-refractivity contribution in [1.29, 1.82) is 0 Å². The number of imidazole rings is 1. The van der Waals surface area contributed by atoms with Gasteiger partial charge in [0.1, 0.15) is 5.82 Å². The van der Waals surface area contributed by atoms with Crippen LogP contribution in [0.25, 0.3) is 11.0 Å². The summed E-state index contributed by atoms with van der Waals surface area (Å²) in [6.07, 6.45) is 0.396. The molecule has 0 saturated carbocycles. The molecule has 18 heavy (non-hydrogen) atoms. The molecule has 1 aromatic heterocycles. The largest absolute Gasteiger partial charge is 0.469 e. The van der Waals surface area contributed by atoms with Gasteiger partial charge in [-0.2, -0.15) is 0 Å². The van der Waals surface area contributed by atoms with Crippen molar-refractivity contribution >= 4 is 17.0 Å². The van der Waals surface area contributed by atoms with Gasteiger partial charge in [-0.3, -0.25) is 9.69 Å². The number of hydrogen-bond acceptors (Lipinski definition) is 4. The van der Waals surface area contributed by atoms with E-state index in [4.69, 9.17) is 0 Å². The number of carbonyl (C=O) groups excluding carboxylic acids is 1. The van der Waals surface area contributed by atoms with Gasteiger partial charge < -0.3 is 9.72 Å². The summed E-state index contributed by atoms with van der Waals surface area (Å²) in [6.45, 7) is 1.34. The van der Waals surface area contributed by atoms with Crippen LogP contribution in [0.1, 0.15) is 12.2 Å². The molecule has 0 radical (unpaired) electrons. The first-order valence-corrected chi connectivity index (χ1v) is 5.88. The highest BCUT2D eigenvalue weighted by molar-refractivity contribution is 5.74. The van der Waals surface area contributed by atoms with Gasteiger partial charge in [0, 0.05) is 6.54 Å². The summed E-state index contributed by atoms with van der Waals surface area (Å²) in [5, 5.41) is 0. The molecule has 0 aliphatic rings. The molecule has 0 aliphatic heterocycles. The fourth-order valence-corrected chi connectivity index (χ4v) is 1.80. The average Bonchev–Trinajstić information content (AvgIpc) is 2.77. The number of benzene rings is 1. The SMILES string of the molecule is COC(=O)CCN(C)Cc1nc2ccccc2[nH]1. The fraction of sp³-hybridized carbons (Fsp3) is 0.385. The van der Waals surface area contributed by atoms with Crippen LogP contribution in [-0.2, 0) is 16.1 Å². The summed E-state index contributed by atoms with van der Waals surface area (Å²) < 4.78 is 4.61. The van der Waals surface area contributed by atoms with E-state index < -0.39 is 0 Å². The van der Waals surface area contributed by atoms with Crippen LogP contribution < -0.4 is 0 Å². The monoisotopic (exact) mass is 247 g/mol. The van der Waals surface area contributed by atoms with Gasteiger partial charge in [0.05, 0.1) is 31.1 Å². The summed E-state index contributed by atoms with van der Waals surface area (Å²) in [4.78, 5) is 20.8. The zero-order valence-electron chi connectivity index (χ0n) is 10.6. The Hall–Kier alpha value is -1.88. The summed E-state index contributed by atoms with van der Waals surface area (Å²) in [6, 6.07) is 7.92. The topological polar surface area (TPSA) is 58.2 Å². The van der Waals surface area contributed by atoms with Crippen LogP contribution >= 0.6 is 0 Å². The summed E-state index contributed by atoms with van der Waals surface area (Å²) in [5.74, 6) is 0.718. The minimum absolute atomic E-state index is 0.188. The number of aromatic amines is 1. The molecule has 0 aliphatic carbocycles. The lowest BCUT2D eigenvalue weighted by Gasteiger charge is -2.13. The maximum absolute atomic E-state index is 11.0. The number of fused-ring (bicyclic) bond motifs is 1. The predicted octanol–water partition coefficient (Wildman–Crippen LogP) is 1.56. The van der Waals surface area contributed by atoms with Crippen LogP contribution in [0, 0.1) is 0 Å². The molecule has 0 saturated heterocycles. The maximum Gasteiger partial charge on any atom is 0.306 e. The van der Waals surface area contributed by atoms with Crippen molar-refractivity contribution in [3.05, 3.63) is 30.1 Å². The number of aromatic nitrogens is 2. The van der Waals surface area contributed by atoms with Crippen molar-refractivity contribution in [2.24, 2.45) is 0 Å². The molecule has 0 fully saturated rings. The molecule has 1 heterocycles. The third kappa shape index (κ3) is 3.07. The first-order valence-electron chi connectivity index (χ1n) is 5.88. The van der Waals surface area contributed by atoms with E-state index in [2.05, 4.69) is 14.7 Å². The van der Waals surface area contributed by atoms with Gasteiger partial charge in [0.2, 0.25) is 0 Å². The third-order valence-corrected chi connectivity index (χ3v) is 2.78. The summed E-state index contributed by atoms with van der Waals surface area (Å²) >= 11 is 0. The maximum atomic E-state index is 11.0. The van der Waals surface area contributed by atoms with Crippen LogP contribution in [0.15, 0.2) is 24.3 Å². The van der Waals surface area contributed by atoms with Crippen molar-refractivity contribution in [2.75, 3.05) is 20.7 Å². The molecule has 5 heteroatoms. The number of para-hydroxylation sites is 2. The smallest absolute Gasteiger partial charge is 0.306 e. The van der Waals surface area contributed by atoms with Gasteiger partial charge in [0.15, 0.2) is 0 Å². The van der Waals surface area contributed by atoms with Crippen LogP contribution in [0.4, 0.5) is 0 Å². The molecule has 0 bridgehead atoms. The number of ether oxygens (including phenoxy) is 1. The number of methoxy groups -OCH3 is 1. The first kappa shape index (κ1) is 12.6. The second-order valence-electron chi connectivity index (χ2n) is 4.26. The minimum Gasteiger partial charge on any atom is -0.469 e. The van der Waals surface area contributed by atoms with Crippen LogP contribution in [0.5, 0.6) is 0 Å². The molecule has 2 rings (SSSR count). The quantitative estimate of drug-likeness (QED) is 0.815. The van der Waals surface area contributed by atoms with Crippen LogP contribution in [0.3, 0.4) is 0 Å². The standard InChI is InChI=1S/C13H17N3O2/c1-16(8-7-13(17)18-2)9-12-14-10-5-3-4-6-11(10)15-12/h3-6H,7-9H2,1-2H3,(H,14,15). The Balaban J connectivity index is 1.94. The molecule has 5 nitrogen and oxygen atoms in total. The Morgan fingerprint density at radius 2 is 2.22 bits per heavy atom. The molecule has 1 aromatic carbocycles. The summed E-state index contributed by atoms with van der Waals surface area (Å²) in [7, 11) is 3.36. The number of rotatable bonds is 5. The van der Waals surface area contributed by atoms with Gasteiger partial charge in [-0.1, -0.05) is 12.1 Å². The zero-order chi connectivity index (χ0) is 13.0. The van der Waals surface area contributed by atoms with Crippen LogP contribution in [-0.4, -0.2) is 41.5 Å². The van der Waals surface area contributed by atoms with Gasteiger partial charge in [-0.15, -0.1) is 0 Å². The lowest BCUT2D eigenvalue weighted by atomic mass is 10.3. The minimum atomic E-state index is -0.188. The highest BCUT2D eigenvalue weighted by atomic mass is 16.5. The van der Waals surface area contributed by atoms with Crippen molar-refractivity contribution in [3.63, 3.8) is 0 Å². The Labute approximate surface area is 106 Å². The van der Waals surface area contributed by atoms with Crippen molar-refractivity contribution < 1.29 is 9.53 Å². The van der Waals surface area contributed by atoms with Gasteiger partial charge in [-0.25, -0.2) is 4.98 Å². The number of carbonyl (C=O) groups is 1. The van der Waals surface area contributed by atoms with Gasteiger partial charge in [0.25, 0.3) is 0 Å². The van der Waals surface area contributed by atoms with E-state index in [1.54, 1.807) is 0 Å². The molecular weight excluding hydrogens is 230 g/mol. The molecule has 0 atom stereocenters. The van der Waals surface area contributed by atoms with E-state index in [1.165, 1.54) is 7.11 Å². The normalized spacial score (nSPS) is 11.1. The third-order valence-electron chi connectivity index (χ3n) is 2.78. The molecule has 0 spiro atoms. The molecule has 1 N–H and O–H groups in total. The number of esters is 1. The molecular formula is C13H17N3O2. The second kappa shape index (κ2) is 5.64. The average molecular weight is 247 g/mol. The number of nitrogens with zero attached hydrogens (tertiary/aromatic N) is 2. The Morgan fingerprint density at radius 1 is 1.44 bits per heavy atom. The molecule has 2 aromatic rings. The Bertz CT molecular complexity index is 503. The Morgan fingerprint density at radius 3 is 2.94 bits per heavy atom. The second-order valence-corrected chi connectivity index (χ2v) is 4.26. The number of H-pyrrole nitrogens is 1. The molecule has 96 valence electrons. The van der Waals surface area contributed by atoms with Gasteiger partial charge >= 0.3 is 5.97 Å². The number of hydrogen-bond donors (Lipinski definition) is 1. The van der Waals surface area contributed by atoms with Crippen molar-refractivity contribution in [2.45, 2.75) is 13.0 Å². The fourth-order valence-electron chi connectivity index (χ4n) is 1.80. The van der Waals surface area contributed by atoms with E-state index in [0.29, 0.717) is 19.5 Å². The van der Waals surface area contributed by atoms with E-state index in [0.717, 1.165) is 16.9 Å². The predicted molar refractivity (Wildman–Crippen MR) is 69.1 cm³/mol.